The molecule has 0 saturated carbocycles. The van der Waals surface area contributed by atoms with Gasteiger partial charge in [0.25, 0.3) is 0 Å². The molecule has 1 unspecified atom stereocenters. The van der Waals surface area contributed by atoms with E-state index in [9.17, 15) is 0 Å². The average Bonchev–Trinajstić information content (AvgIpc) is 2.54. The van der Waals surface area contributed by atoms with Crippen molar-refractivity contribution >= 4 is 27.7 Å². The minimum atomic E-state index is 0.319. The molecular formula is C16H25BrN2S. The van der Waals surface area contributed by atoms with Crippen LogP contribution < -0.4 is 5.73 Å². The molecule has 1 atom stereocenters. The number of rotatable bonds is 3. The van der Waals surface area contributed by atoms with Crippen LogP contribution in [0.3, 0.4) is 0 Å². The third kappa shape index (κ3) is 4.00. The van der Waals surface area contributed by atoms with Crippen molar-refractivity contribution in [1.82, 2.24) is 4.90 Å². The Balaban J connectivity index is 2.19. The zero-order valence-electron chi connectivity index (χ0n) is 12.7. The zero-order chi connectivity index (χ0) is 14.8. The third-order valence-corrected chi connectivity index (χ3v) is 6.11. The summed E-state index contributed by atoms with van der Waals surface area (Å²) in [5.41, 5.74) is 8.70. The number of nitrogens with two attached hydrogens (primary N) is 1. The second-order valence-electron chi connectivity index (χ2n) is 6.17. The SMILES string of the molecule is Cc1ccc(C(CN)N2CCSC(C)(C)CC2)c(Br)c1. The summed E-state index contributed by atoms with van der Waals surface area (Å²) in [4.78, 5) is 2.55. The summed E-state index contributed by atoms with van der Waals surface area (Å²) in [6.07, 6.45) is 1.22. The fourth-order valence-electron chi connectivity index (χ4n) is 2.72. The van der Waals surface area contributed by atoms with E-state index in [4.69, 9.17) is 5.73 Å². The lowest BCUT2D eigenvalue weighted by molar-refractivity contribution is 0.210. The van der Waals surface area contributed by atoms with Gasteiger partial charge in [0.1, 0.15) is 0 Å². The maximum Gasteiger partial charge on any atom is 0.0481 e. The van der Waals surface area contributed by atoms with Crippen molar-refractivity contribution in [2.75, 3.05) is 25.4 Å². The van der Waals surface area contributed by atoms with Crippen molar-refractivity contribution in [2.45, 2.75) is 38.0 Å². The normalized spacial score (nSPS) is 21.4. The van der Waals surface area contributed by atoms with Crippen LogP contribution in [0.15, 0.2) is 22.7 Å². The van der Waals surface area contributed by atoms with Gasteiger partial charge >= 0.3 is 0 Å². The van der Waals surface area contributed by atoms with Crippen molar-refractivity contribution in [2.24, 2.45) is 5.73 Å². The molecule has 1 saturated heterocycles. The smallest absolute Gasteiger partial charge is 0.0481 e. The Labute approximate surface area is 135 Å². The number of halogens is 1. The maximum atomic E-state index is 6.09. The first-order valence-electron chi connectivity index (χ1n) is 7.27. The van der Waals surface area contributed by atoms with Gasteiger partial charge in [-0.05, 0) is 30.5 Å². The molecule has 1 aliphatic heterocycles. The Morgan fingerprint density at radius 2 is 2.15 bits per heavy atom. The largest absolute Gasteiger partial charge is 0.329 e. The molecule has 1 heterocycles. The van der Waals surface area contributed by atoms with E-state index in [0.29, 0.717) is 17.3 Å². The average molecular weight is 357 g/mol. The van der Waals surface area contributed by atoms with Crippen molar-refractivity contribution in [3.63, 3.8) is 0 Å². The predicted molar refractivity (Wildman–Crippen MR) is 93.4 cm³/mol. The molecule has 20 heavy (non-hydrogen) atoms. The van der Waals surface area contributed by atoms with E-state index < -0.39 is 0 Å². The number of thioether (sulfide) groups is 1. The molecule has 1 fully saturated rings. The molecule has 1 aliphatic rings. The summed E-state index contributed by atoms with van der Waals surface area (Å²) in [7, 11) is 0. The summed E-state index contributed by atoms with van der Waals surface area (Å²) in [5, 5.41) is 0. The second kappa shape index (κ2) is 6.82. The summed E-state index contributed by atoms with van der Waals surface area (Å²) >= 11 is 5.79. The molecule has 0 spiro atoms. The summed E-state index contributed by atoms with van der Waals surface area (Å²) < 4.78 is 1.57. The van der Waals surface area contributed by atoms with Gasteiger partial charge < -0.3 is 5.73 Å². The van der Waals surface area contributed by atoms with Crippen LogP contribution in [0.5, 0.6) is 0 Å². The first kappa shape index (κ1) is 16.3. The van der Waals surface area contributed by atoms with Gasteiger partial charge in [0.2, 0.25) is 0 Å². The number of hydrogen-bond donors (Lipinski definition) is 1. The highest BCUT2D eigenvalue weighted by Crippen LogP contribution is 2.35. The van der Waals surface area contributed by atoms with E-state index in [2.05, 4.69) is 71.6 Å². The molecule has 1 aromatic rings. The van der Waals surface area contributed by atoms with Crippen LogP contribution in [-0.4, -0.2) is 35.0 Å². The van der Waals surface area contributed by atoms with Crippen molar-refractivity contribution < 1.29 is 0 Å². The predicted octanol–water partition coefficient (Wildman–Crippen LogP) is 3.97. The van der Waals surface area contributed by atoms with Gasteiger partial charge in [0.15, 0.2) is 0 Å². The molecule has 1 aromatic carbocycles. The lowest BCUT2D eigenvalue weighted by Gasteiger charge is -2.31. The van der Waals surface area contributed by atoms with E-state index >= 15 is 0 Å². The monoisotopic (exact) mass is 356 g/mol. The second-order valence-corrected chi connectivity index (χ2v) is 8.83. The molecule has 0 aliphatic carbocycles. The lowest BCUT2D eigenvalue weighted by Crippen LogP contribution is -2.36. The van der Waals surface area contributed by atoms with Crippen molar-refractivity contribution in [1.29, 1.82) is 0 Å². The Bertz CT molecular complexity index is 462. The Morgan fingerprint density at radius 3 is 2.80 bits per heavy atom. The fourth-order valence-corrected chi connectivity index (χ4v) is 4.59. The minimum Gasteiger partial charge on any atom is -0.329 e. The number of hydrogen-bond acceptors (Lipinski definition) is 3. The Morgan fingerprint density at radius 1 is 1.40 bits per heavy atom. The number of aryl methyl sites for hydroxylation is 1. The summed E-state index contributed by atoms with van der Waals surface area (Å²) in [6.45, 7) is 9.74. The fraction of sp³-hybridized carbons (Fsp3) is 0.625. The molecule has 0 aromatic heterocycles. The molecule has 0 bridgehead atoms. The molecule has 2 nitrogen and oxygen atoms in total. The summed E-state index contributed by atoms with van der Waals surface area (Å²) in [6, 6.07) is 6.91. The van der Waals surface area contributed by atoms with E-state index in [1.807, 2.05) is 0 Å². The van der Waals surface area contributed by atoms with Gasteiger partial charge in [-0.1, -0.05) is 41.9 Å². The van der Waals surface area contributed by atoms with Crippen LogP contribution in [0.1, 0.15) is 37.4 Å². The van der Waals surface area contributed by atoms with Gasteiger partial charge in [-0.2, -0.15) is 11.8 Å². The molecule has 4 heteroatoms. The first-order chi connectivity index (χ1) is 9.43. The van der Waals surface area contributed by atoms with Crippen molar-refractivity contribution in [3.8, 4) is 0 Å². The van der Waals surface area contributed by atoms with Crippen molar-refractivity contribution in [3.05, 3.63) is 33.8 Å². The van der Waals surface area contributed by atoms with E-state index in [1.54, 1.807) is 0 Å². The Hall–Kier alpha value is -0.0300. The van der Waals surface area contributed by atoms with Crippen LogP contribution in [-0.2, 0) is 0 Å². The van der Waals surface area contributed by atoms with Crippen LogP contribution in [0.25, 0.3) is 0 Å². The van der Waals surface area contributed by atoms with Crippen LogP contribution in [0.4, 0.5) is 0 Å². The zero-order valence-corrected chi connectivity index (χ0v) is 15.1. The van der Waals surface area contributed by atoms with E-state index in [-0.39, 0.29) is 0 Å². The van der Waals surface area contributed by atoms with Gasteiger partial charge in [-0.25, -0.2) is 0 Å². The molecule has 2 rings (SSSR count). The van der Waals surface area contributed by atoms with Crippen LogP contribution in [0.2, 0.25) is 0 Å². The topological polar surface area (TPSA) is 29.3 Å². The van der Waals surface area contributed by atoms with Gasteiger partial charge in [0, 0.05) is 40.6 Å². The quantitative estimate of drug-likeness (QED) is 0.887. The molecule has 0 radical (unpaired) electrons. The van der Waals surface area contributed by atoms with E-state index in [0.717, 1.165) is 13.1 Å². The van der Waals surface area contributed by atoms with Crippen LogP contribution in [0, 0.1) is 6.92 Å². The highest BCUT2D eigenvalue weighted by molar-refractivity contribution is 9.10. The van der Waals surface area contributed by atoms with Gasteiger partial charge in [-0.3, -0.25) is 4.90 Å². The summed E-state index contributed by atoms with van der Waals surface area (Å²) in [5.74, 6) is 1.19. The van der Waals surface area contributed by atoms with Crippen LogP contribution >= 0.6 is 27.7 Å². The molecule has 112 valence electrons. The van der Waals surface area contributed by atoms with Gasteiger partial charge in [-0.15, -0.1) is 0 Å². The Kier molecular flexibility index (Phi) is 5.57. The lowest BCUT2D eigenvalue weighted by atomic mass is 10.0. The third-order valence-electron chi connectivity index (χ3n) is 4.05. The standard InChI is InChI=1S/C16H25BrN2S/c1-12-4-5-13(14(17)10-12)15(11-18)19-7-6-16(2,3)20-9-8-19/h4-5,10,15H,6-9,11,18H2,1-3H3. The molecule has 0 amide bonds. The van der Waals surface area contributed by atoms with E-state index in [1.165, 1.54) is 27.8 Å². The molecular weight excluding hydrogens is 332 g/mol. The number of benzene rings is 1. The highest BCUT2D eigenvalue weighted by atomic mass is 79.9. The minimum absolute atomic E-state index is 0.319. The maximum absolute atomic E-state index is 6.09. The van der Waals surface area contributed by atoms with Gasteiger partial charge in [0.05, 0.1) is 0 Å². The number of nitrogens with zero attached hydrogens (tertiary/aromatic N) is 1. The highest BCUT2D eigenvalue weighted by Gasteiger charge is 2.28. The molecule has 2 N–H and O–H groups in total. The first-order valence-corrected chi connectivity index (χ1v) is 9.05.